The van der Waals surface area contributed by atoms with Crippen LogP contribution in [0, 0.1) is 27.9 Å². The standard InChI is InChI=1S/C31H33BrN2O6/c1-3-6-18(13-20-14-21(32)10-11-26(20)35)9-12-27-28-19(4-2)15-24-29(25(28)17-40-27)31(37)33(30(24)36)22-7-5-8-23(16-22)34(38)39/h5,7-8,10-11,13-14,16,24-25,27,29,35H,3-4,6,9,12,15,17H2,1-2H3/b18-13+/t24-,25+,27-,29-/m1/s1. The average molecular weight is 610 g/mol. The van der Waals surface area contributed by atoms with Crippen LogP contribution in [0.3, 0.4) is 0 Å². The van der Waals surface area contributed by atoms with Gasteiger partial charge in [0, 0.05) is 28.1 Å². The number of amides is 2. The van der Waals surface area contributed by atoms with Crippen LogP contribution in [-0.2, 0) is 14.3 Å². The van der Waals surface area contributed by atoms with Gasteiger partial charge in [-0.1, -0.05) is 59.5 Å². The highest BCUT2D eigenvalue weighted by molar-refractivity contribution is 9.10. The van der Waals surface area contributed by atoms with Gasteiger partial charge in [-0.3, -0.25) is 19.7 Å². The minimum atomic E-state index is -0.523. The van der Waals surface area contributed by atoms with Gasteiger partial charge in [0.05, 0.1) is 35.2 Å². The number of phenols is 1. The number of carbonyl (C=O) groups is 2. The quantitative estimate of drug-likeness (QED) is 0.143. The number of ether oxygens (including phenoxy) is 1. The number of benzene rings is 2. The Morgan fingerprint density at radius 2 is 1.95 bits per heavy atom. The summed E-state index contributed by atoms with van der Waals surface area (Å²) in [6.07, 6.45) is 6.62. The third-order valence-electron chi connectivity index (χ3n) is 8.38. The lowest BCUT2D eigenvalue weighted by atomic mass is 9.69. The molecule has 1 aliphatic carbocycles. The number of phenolic OH excluding ortho intramolecular Hbond substituents is 1. The van der Waals surface area contributed by atoms with Crippen molar-refractivity contribution in [3.05, 3.63) is 79.3 Å². The first kappa shape index (κ1) is 28.2. The molecule has 210 valence electrons. The monoisotopic (exact) mass is 608 g/mol. The lowest BCUT2D eigenvalue weighted by Crippen LogP contribution is -2.34. The number of carbonyl (C=O) groups excluding carboxylic acids is 2. The molecule has 2 aliphatic heterocycles. The Morgan fingerprint density at radius 3 is 2.67 bits per heavy atom. The molecule has 2 saturated heterocycles. The number of non-ortho nitro benzene ring substituents is 1. The van der Waals surface area contributed by atoms with Gasteiger partial charge in [-0.05, 0) is 61.9 Å². The van der Waals surface area contributed by atoms with Gasteiger partial charge in [0.15, 0.2) is 0 Å². The van der Waals surface area contributed by atoms with E-state index < -0.39 is 16.8 Å². The van der Waals surface area contributed by atoms with E-state index in [0.29, 0.717) is 13.0 Å². The molecule has 2 aromatic carbocycles. The van der Waals surface area contributed by atoms with Crippen molar-refractivity contribution in [2.24, 2.45) is 17.8 Å². The maximum atomic E-state index is 13.7. The van der Waals surface area contributed by atoms with Crippen LogP contribution in [0.5, 0.6) is 5.75 Å². The van der Waals surface area contributed by atoms with Crippen molar-refractivity contribution in [2.45, 2.75) is 58.5 Å². The molecule has 2 amide bonds. The number of anilines is 1. The highest BCUT2D eigenvalue weighted by atomic mass is 79.9. The van der Waals surface area contributed by atoms with E-state index in [9.17, 15) is 24.8 Å². The topological polar surface area (TPSA) is 110 Å². The average Bonchev–Trinajstić information content (AvgIpc) is 3.47. The van der Waals surface area contributed by atoms with Crippen LogP contribution in [0.15, 0.2) is 63.7 Å². The second-order valence-corrected chi connectivity index (χ2v) is 11.7. The molecule has 0 aromatic heterocycles. The summed E-state index contributed by atoms with van der Waals surface area (Å²) >= 11 is 3.48. The SMILES string of the molecule is CCC/C(=C\c1cc(Br)ccc1O)CC[C@H]1OC[C@H]2C1=C(CC)C[C@H]1C(=O)N(c3cccc([N+](=O)[O-])c3)C(=O)[C@H]12. The van der Waals surface area contributed by atoms with Gasteiger partial charge in [0.1, 0.15) is 5.75 Å². The van der Waals surface area contributed by atoms with Gasteiger partial charge in [0.2, 0.25) is 11.8 Å². The lowest BCUT2D eigenvalue weighted by Gasteiger charge is -2.31. The van der Waals surface area contributed by atoms with E-state index in [2.05, 4.69) is 35.9 Å². The normalized spacial score (nSPS) is 24.5. The Bertz CT molecular complexity index is 1420. The third-order valence-corrected chi connectivity index (χ3v) is 8.87. The first-order chi connectivity index (χ1) is 19.2. The molecule has 2 heterocycles. The Balaban J connectivity index is 1.38. The number of allylic oxidation sites excluding steroid dienone is 2. The van der Waals surface area contributed by atoms with Gasteiger partial charge in [0.25, 0.3) is 5.69 Å². The highest BCUT2D eigenvalue weighted by Gasteiger charge is 2.57. The fourth-order valence-electron chi connectivity index (χ4n) is 6.58. The molecule has 9 heteroatoms. The summed E-state index contributed by atoms with van der Waals surface area (Å²) in [6, 6.07) is 11.1. The number of nitrogens with zero attached hydrogens (tertiary/aromatic N) is 2. The van der Waals surface area contributed by atoms with Crippen molar-refractivity contribution in [1.29, 1.82) is 0 Å². The summed E-state index contributed by atoms with van der Waals surface area (Å²) in [6.45, 7) is 4.59. The summed E-state index contributed by atoms with van der Waals surface area (Å²) in [5.74, 6) is -1.52. The largest absolute Gasteiger partial charge is 0.507 e. The number of rotatable bonds is 9. The Labute approximate surface area is 242 Å². The Kier molecular flexibility index (Phi) is 8.24. The fourth-order valence-corrected chi connectivity index (χ4v) is 6.96. The van der Waals surface area contributed by atoms with E-state index in [0.717, 1.165) is 52.6 Å². The van der Waals surface area contributed by atoms with Gasteiger partial charge in [-0.25, -0.2) is 4.90 Å². The van der Waals surface area contributed by atoms with Gasteiger partial charge in [-0.15, -0.1) is 0 Å². The number of hydrogen-bond donors (Lipinski definition) is 1. The second kappa shape index (κ2) is 11.7. The van der Waals surface area contributed by atoms with Crippen molar-refractivity contribution in [3.63, 3.8) is 0 Å². The number of nitro groups is 1. The van der Waals surface area contributed by atoms with Crippen LogP contribution >= 0.6 is 15.9 Å². The summed E-state index contributed by atoms with van der Waals surface area (Å²) in [5.41, 5.74) is 4.43. The molecule has 1 N–H and O–H groups in total. The van der Waals surface area contributed by atoms with Crippen molar-refractivity contribution in [1.82, 2.24) is 0 Å². The minimum absolute atomic E-state index is 0.132. The second-order valence-electron chi connectivity index (χ2n) is 10.8. The number of halogens is 1. The molecule has 5 rings (SSSR count). The summed E-state index contributed by atoms with van der Waals surface area (Å²) in [7, 11) is 0. The molecule has 40 heavy (non-hydrogen) atoms. The number of nitro benzene ring substituents is 1. The van der Waals surface area contributed by atoms with Crippen LogP contribution in [0.2, 0.25) is 0 Å². The number of imide groups is 1. The molecule has 0 unspecified atom stereocenters. The zero-order valence-electron chi connectivity index (χ0n) is 22.6. The van der Waals surface area contributed by atoms with Crippen LogP contribution in [0.4, 0.5) is 11.4 Å². The van der Waals surface area contributed by atoms with Crippen LogP contribution in [0.25, 0.3) is 6.08 Å². The number of fused-ring (bicyclic) bond motifs is 3. The van der Waals surface area contributed by atoms with Crippen molar-refractivity contribution >= 4 is 45.2 Å². The number of aromatic hydroxyl groups is 1. The summed E-state index contributed by atoms with van der Waals surface area (Å²) in [5, 5.41) is 21.6. The maximum absolute atomic E-state index is 13.7. The van der Waals surface area contributed by atoms with Gasteiger partial charge < -0.3 is 9.84 Å². The molecule has 4 atom stereocenters. The first-order valence-electron chi connectivity index (χ1n) is 13.9. The first-order valence-corrected chi connectivity index (χ1v) is 14.7. The Hall–Kier alpha value is -3.30. The fraction of sp³-hybridized carbons (Fsp3) is 0.419. The van der Waals surface area contributed by atoms with E-state index in [1.807, 2.05) is 12.1 Å². The predicted octanol–water partition coefficient (Wildman–Crippen LogP) is 6.96. The third kappa shape index (κ3) is 5.24. The molecule has 0 saturated carbocycles. The van der Waals surface area contributed by atoms with Gasteiger partial charge >= 0.3 is 0 Å². The summed E-state index contributed by atoms with van der Waals surface area (Å²) in [4.78, 5) is 39.2. The zero-order valence-corrected chi connectivity index (χ0v) is 24.2. The van der Waals surface area contributed by atoms with Crippen molar-refractivity contribution in [3.8, 4) is 5.75 Å². The predicted molar refractivity (Wildman–Crippen MR) is 156 cm³/mol. The van der Waals surface area contributed by atoms with Crippen LogP contribution < -0.4 is 4.90 Å². The molecule has 0 spiro atoms. The van der Waals surface area contributed by atoms with E-state index in [1.165, 1.54) is 29.3 Å². The van der Waals surface area contributed by atoms with Gasteiger partial charge in [-0.2, -0.15) is 0 Å². The molecule has 2 fully saturated rings. The molecular weight excluding hydrogens is 576 g/mol. The van der Waals surface area contributed by atoms with E-state index in [-0.39, 0.29) is 41.0 Å². The summed E-state index contributed by atoms with van der Waals surface area (Å²) < 4.78 is 7.23. The van der Waals surface area contributed by atoms with Crippen LogP contribution in [0.1, 0.15) is 57.9 Å². The van der Waals surface area contributed by atoms with E-state index >= 15 is 0 Å². The Morgan fingerprint density at radius 1 is 1.15 bits per heavy atom. The maximum Gasteiger partial charge on any atom is 0.271 e. The zero-order chi connectivity index (χ0) is 28.6. The van der Waals surface area contributed by atoms with E-state index in [4.69, 9.17) is 4.74 Å². The lowest BCUT2D eigenvalue weighted by molar-refractivity contribution is -0.384. The minimum Gasteiger partial charge on any atom is -0.507 e. The molecule has 0 bridgehead atoms. The molecule has 2 aromatic rings. The van der Waals surface area contributed by atoms with Crippen molar-refractivity contribution < 1.29 is 24.4 Å². The molecule has 8 nitrogen and oxygen atoms in total. The highest BCUT2D eigenvalue weighted by Crippen LogP contribution is 2.51. The molecular formula is C31H33BrN2O6. The van der Waals surface area contributed by atoms with Crippen molar-refractivity contribution in [2.75, 3.05) is 11.5 Å². The van der Waals surface area contributed by atoms with Crippen LogP contribution in [-0.4, -0.2) is 34.6 Å². The molecule has 0 radical (unpaired) electrons. The van der Waals surface area contributed by atoms with E-state index in [1.54, 1.807) is 12.1 Å². The number of hydrogen-bond acceptors (Lipinski definition) is 6. The smallest absolute Gasteiger partial charge is 0.271 e. The molecule has 3 aliphatic rings.